The zero-order valence-corrected chi connectivity index (χ0v) is 8.52. The quantitative estimate of drug-likeness (QED) is 0.870. The van der Waals surface area contributed by atoms with E-state index in [1.165, 1.54) is 12.3 Å². The van der Waals surface area contributed by atoms with Crippen LogP contribution in [0.2, 0.25) is 0 Å². The van der Waals surface area contributed by atoms with Crippen molar-refractivity contribution in [3.05, 3.63) is 53.9 Å². The van der Waals surface area contributed by atoms with E-state index in [2.05, 4.69) is 4.98 Å². The Balaban J connectivity index is 2.56. The van der Waals surface area contributed by atoms with Crippen molar-refractivity contribution in [2.75, 3.05) is 0 Å². The molecule has 0 atom stereocenters. The molecule has 0 saturated heterocycles. The van der Waals surface area contributed by atoms with Gasteiger partial charge in [0.1, 0.15) is 11.6 Å². The molecule has 0 spiro atoms. The number of carbonyl (C=O) groups is 1. The predicted octanol–water partition coefficient (Wildman–Crippen LogP) is 2.73. The van der Waals surface area contributed by atoms with Gasteiger partial charge in [0.2, 0.25) is 0 Å². The maximum atomic E-state index is 13.4. The number of carboxylic acid groups (broad SMARTS) is 1. The van der Waals surface area contributed by atoms with Gasteiger partial charge in [0.15, 0.2) is 0 Å². The van der Waals surface area contributed by atoms with E-state index < -0.39 is 17.6 Å². The van der Waals surface area contributed by atoms with Crippen LogP contribution in [0.4, 0.5) is 8.78 Å². The van der Waals surface area contributed by atoms with Crippen LogP contribution >= 0.6 is 0 Å². The van der Waals surface area contributed by atoms with Gasteiger partial charge in [-0.2, -0.15) is 0 Å². The molecule has 2 rings (SSSR count). The molecule has 1 N–H and O–H groups in total. The molecule has 1 aromatic carbocycles. The average Bonchev–Trinajstić information content (AvgIpc) is 2.32. The number of pyridine rings is 1. The van der Waals surface area contributed by atoms with Crippen molar-refractivity contribution in [1.29, 1.82) is 0 Å². The molecule has 1 aromatic heterocycles. The predicted molar refractivity (Wildman–Crippen MR) is 56.5 cm³/mol. The molecule has 0 saturated carbocycles. The van der Waals surface area contributed by atoms with E-state index in [1.807, 2.05) is 0 Å². The number of aromatic carboxylic acids is 1. The fraction of sp³-hybridized carbons (Fsp3) is 0. The highest BCUT2D eigenvalue weighted by atomic mass is 19.1. The summed E-state index contributed by atoms with van der Waals surface area (Å²) in [6.45, 7) is 0. The van der Waals surface area contributed by atoms with E-state index in [0.29, 0.717) is 0 Å². The molecular formula is C12H7F2NO2. The summed E-state index contributed by atoms with van der Waals surface area (Å²) in [5, 5.41) is 8.77. The topological polar surface area (TPSA) is 50.2 Å². The Kier molecular flexibility index (Phi) is 2.82. The number of carboxylic acids is 1. The summed E-state index contributed by atoms with van der Waals surface area (Å²) in [4.78, 5) is 14.4. The smallest absolute Gasteiger partial charge is 0.337 e. The summed E-state index contributed by atoms with van der Waals surface area (Å²) in [6, 6.07) is 4.22. The normalized spacial score (nSPS) is 10.2. The van der Waals surface area contributed by atoms with Crippen LogP contribution in [0.25, 0.3) is 11.1 Å². The lowest BCUT2D eigenvalue weighted by atomic mass is 10.1. The van der Waals surface area contributed by atoms with Crippen molar-refractivity contribution >= 4 is 5.97 Å². The van der Waals surface area contributed by atoms with E-state index in [-0.39, 0.29) is 16.7 Å². The molecule has 17 heavy (non-hydrogen) atoms. The second-order valence-electron chi connectivity index (χ2n) is 3.39. The number of rotatable bonds is 2. The van der Waals surface area contributed by atoms with Crippen molar-refractivity contribution in [1.82, 2.24) is 4.98 Å². The number of halogens is 2. The van der Waals surface area contributed by atoms with Gasteiger partial charge in [-0.15, -0.1) is 0 Å². The van der Waals surface area contributed by atoms with Gasteiger partial charge in [-0.25, -0.2) is 13.6 Å². The number of hydrogen-bond acceptors (Lipinski definition) is 2. The van der Waals surface area contributed by atoms with Crippen LogP contribution in [0.3, 0.4) is 0 Å². The lowest BCUT2D eigenvalue weighted by molar-refractivity contribution is 0.0696. The molecule has 2 aromatic rings. The number of hydrogen-bond donors (Lipinski definition) is 1. The summed E-state index contributed by atoms with van der Waals surface area (Å²) in [6.07, 6.45) is 2.42. The highest BCUT2D eigenvalue weighted by Crippen LogP contribution is 2.23. The van der Waals surface area contributed by atoms with Gasteiger partial charge in [-0.05, 0) is 24.3 Å². The number of nitrogens with zero attached hydrogens (tertiary/aromatic N) is 1. The zero-order valence-electron chi connectivity index (χ0n) is 8.52. The van der Waals surface area contributed by atoms with Crippen molar-refractivity contribution in [2.45, 2.75) is 0 Å². The maximum absolute atomic E-state index is 13.4. The third-order valence-corrected chi connectivity index (χ3v) is 2.22. The minimum absolute atomic E-state index is 0.0133. The molecule has 86 valence electrons. The summed E-state index contributed by atoms with van der Waals surface area (Å²) < 4.78 is 26.4. The fourth-order valence-electron chi connectivity index (χ4n) is 1.42. The molecule has 0 aliphatic carbocycles. The molecule has 1 heterocycles. The standard InChI is InChI=1S/C12H7F2NO2/c13-9-1-2-11(14)10(4-9)7-3-8(12(16)17)6-15-5-7/h1-6H,(H,16,17). The van der Waals surface area contributed by atoms with E-state index in [4.69, 9.17) is 5.11 Å². The SMILES string of the molecule is O=C(O)c1cncc(-c2cc(F)ccc2F)c1. The monoisotopic (exact) mass is 235 g/mol. The molecule has 0 radical (unpaired) electrons. The molecule has 0 fully saturated rings. The minimum Gasteiger partial charge on any atom is -0.478 e. The van der Waals surface area contributed by atoms with Gasteiger partial charge in [0.05, 0.1) is 5.56 Å². The molecule has 0 aliphatic rings. The third-order valence-electron chi connectivity index (χ3n) is 2.22. The van der Waals surface area contributed by atoms with Crippen molar-refractivity contribution < 1.29 is 18.7 Å². The molecular weight excluding hydrogens is 228 g/mol. The first kappa shape index (κ1) is 11.2. The van der Waals surface area contributed by atoms with Crippen LogP contribution in [-0.4, -0.2) is 16.1 Å². The summed E-state index contributed by atoms with van der Waals surface area (Å²) >= 11 is 0. The minimum atomic E-state index is -1.17. The highest BCUT2D eigenvalue weighted by Gasteiger charge is 2.10. The molecule has 0 amide bonds. The Morgan fingerprint density at radius 1 is 1.18 bits per heavy atom. The summed E-state index contributed by atoms with van der Waals surface area (Å²) in [5.41, 5.74) is 0.133. The Bertz CT molecular complexity index is 584. The highest BCUT2D eigenvalue weighted by molar-refractivity contribution is 5.88. The maximum Gasteiger partial charge on any atom is 0.337 e. The average molecular weight is 235 g/mol. The van der Waals surface area contributed by atoms with Gasteiger partial charge in [0.25, 0.3) is 0 Å². The van der Waals surface area contributed by atoms with Crippen LogP contribution < -0.4 is 0 Å². The molecule has 0 aliphatic heterocycles. The molecule has 0 unspecified atom stereocenters. The lowest BCUT2D eigenvalue weighted by Gasteiger charge is -2.04. The Labute approximate surface area is 95.4 Å². The van der Waals surface area contributed by atoms with E-state index in [1.54, 1.807) is 0 Å². The van der Waals surface area contributed by atoms with Crippen LogP contribution in [0, 0.1) is 11.6 Å². The lowest BCUT2D eigenvalue weighted by Crippen LogP contribution is -1.98. The van der Waals surface area contributed by atoms with Crippen molar-refractivity contribution in [3.8, 4) is 11.1 Å². The second kappa shape index (κ2) is 4.29. The zero-order chi connectivity index (χ0) is 12.4. The Hall–Kier alpha value is -2.30. The Morgan fingerprint density at radius 3 is 2.65 bits per heavy atom. The van der Waals surface area contributed by atoms with E-state index >= 15 is 0 Å². The third kappa shape index (κ3) is 2.28. The molecule has 0 bridgehead atoms. The summed E-state index contributed by atoms with van der Waals surface area (Å²) in [5.74, 6) is -2.39. The number of benzene rings is 1. The fourth-order valence-corrected chi connectivity index (χ4v) is 1.42. The molecule has 5 heteroatoms. The molecule has 3 nitrogen and oxygen atoms in total. The first-order valence-corrected chi connectivity index (χ1v) is 4.71. The van der Waals surface area contributed by atoms with Gasteiger partial charge in [0, 0.05) is 23.5 Å². The summed E-state index contributed by atoms with van der Waals surface area (Å²) in [7, 11) is 0. The van der Waals surface area contributed by atoms with Gasteiger partial charge in [-0.1, -0.05) is 0 Å². The second-order valence-corrected chi connectivity index (χ2v) is 3.39. The van der Waals surface area contributed by atoms with Gasteiger partial charge < -0.3 is 5.11 Å². The van der Waals surface area contributed by atoms with Crippen molar-refractivity contribution in [3.63, 3.8) is 0 Å². The van der Waals surface area contributed by atoms with Crippen LogP contribution in [-0.2, 0) is 0 Å². The van der Waals surface area contributed by atoms with Crippen LogP contribution in [0.1, 0.15) is 10.4 Å². The van der Waals surface area contributed by atoms with Crippen molar-refractivity contribution in [2.24, 2.45) is 0 Å². The van der Waals surface area contributed by atoms with Crippen LogP contribution in [0.15, 0.2) is 36.7 Å². The van der Waals surface area contributed by atoms with Gasteiger partial charge >= 0.3 is 5.97 Å². The van der Waals surface area contributed by atoms with Gasteiger partial charge in [-0.3, -0.25) is 4.98 Å². The number of aromatic nitrogens is 1. The first-order valence-electron chi connectivity index (χ1n) is 4.71. The van der Waals surface area contributed by atoms with E-state index in [0.717, 1.165) is 24.4 Å². The van der Waals surface area contributed by atoms with E-state index in [9.17, 15) is 13.6 Å². The van der Waals surface area contributed by atoms with Crippen LogP contribution in [0.5, 0.6) is 0 Å². The Morgan fingerprint density at radius 2 is 1.94 bits per heavy atom. The first-order chi connectivity index (χ1) is 8.08. The largest absolute Gasteiger partial charge is 0.478 e.